The summed E-state index contributed by atoms with van der Waals surface area (Å²) in [6.07, 6.45) is 1.62. The van der Waals surface area contributed by atoms with E-state index in [4.69, 9.17) is 23.5 Å². The molecule has 0 aliphatic carbocycles. The highest BCUT2D eigenvalue weighted by Crippen LogP contribution is 2.44. The molecule has 1 aromatic heterocycles. The molecule has 0 atom stereocenters. The van der Waals surface area contributed by atoms with E-state index >= 15 is 0 Å². The number of methoxy groups -OCH3 is 4. The van der Waals surface area contributed by atoms with Gasteiger partial charge in [0.05, 0.1) is 40.2 Å². The van der Waals surface area contributed by atoms with Gasteiger partial charge in [-0.1, -0.05) is 17.3 Å². The Morgan fingerprint density at radius 2 is 1.56 bits per heavy atom. The summed E-state index contributed by atoms with van der Waals surface area (Å²) in [6, 6.07) is 10.8. The molecule has 2 aromatic carbocycles. The van der Waals surface area contributed by atoms with Gasteiger partial charge in [0.25, 0.3) is 0 Å². The SMILES string of the molecule is COC(=O)c1ccc(-c2oncc2-c2ccc(OC)cc2)c(OC)c1OC. The number of nitrogens with zero attached hydrogens (tertiary/aromatic N) is 1. The van der Waals surface area contributed by atoms with Crippen molar-refractivity contribution in [2.75, 3.05) is 28.4 Å². The first kappa shape index (κ1) is 18.3. The molecule has 0 fully saturated rings. The molecule has 1 heterocycles. The first-order chi connectivity index (χ1) is 13.1. The second kappa shape index (κ2) is 7.82. The number of esters is 1. The second-order valence-corrected chi connectivity index (χ2v) is 5.52. The lowest BCUT2D eigenvalue weighted by molar-refractivity contribution is 0.0596. The minimum atomic E-state index is -0.523. The Balaban J connectivity index is 2.15. The van der Waals surface area contributed by atoms with Gasteiger partial charge in [-0.3, -0.25) is 0 Å². The molecule has 0 N–H and O–H groups in total. The zero-order chi connectivity index (χ0) is 19.4. The van der Waals surface area contributed by atoms with Crippen molar-refractivity contribution in [2.24, 2.45) is 0 Å². The van der Waals surface area contributed by atoms with E-state index in [0.29, 0.717) is 17.1 Å². The van der Waals surface area contributed by atoms with Gasteiger partial charge in [-0.15, -0.1) is 0 Å². The lowest BCUT2D eigenvalue weighted by Crippen LogP contribution is -2.06. The van der Waals surface area contributed by atoms with Crippen LogP contribution in [0.15, 0.2) is 47.1 Å². The second-order valence-electron chi connectivity index (χ2n) is 5.52. The van der Waals surface area contributed by atoms with Gasteiger partial charge < -0.3 is 23.5 Å². The first-order valence-corrected chi connectivity index (χ1v) is 8.07. The summed E-state index contributed by atoms with van der Waals surface area (Å²) in [5.74, 6) is 1.33. The van der Waals surface area contributed by atoms with E-state index < -0.39 is 5.97 Å². The highest BCUT2D eigenvalue weighted by molar-refractivity contribution is 5.96. The van der Waals surface area contributed by atoms with Crippen molar-refractivity contribution in [1.29, 1.82) is 0 Å². The number of rotatable bonds is 6. The number of carbonyl (C=O) groups is 1. The summed E-state index contributed by atoms with van der Waals surface area (Å²) in [4.78, 5) is 12.0. The van der Waals surface area contributed by atoms with Crippen molar-refractivity contribution >= 4 is 5.97 Å². The molecule has 27 heavy (non-hydrogen) atoms. The molecule has 0 radical (unpaired) electrons. The third-order valence-corrected chi connectivity index (χ3v) is 4.14. The van der Waals surface area contributed by atoms with Crippen LogP contribution in [0.4, 0.5) is 0 Å². The molecule has 0 saturated heterocycles. The number of hydrogen-bond donors (Lipinski definition) is 0. The van der Waals surface area contributed by atoms with Crippen LogP contribution in [0.5, 0.6) is 17.2 Å². The molecule has 7 nitrogen and oxygen atoms in total. The Morgan fingerprint density at radius 1 is 0.852 bits per heavy atom. The van der Waals surface area contributed by atoms with Gasteiger partial charge >= 0.3 is 5.97 Å². The summed E-state index contributed by atoms with van der Waals surface area (Å²) in [7, 11) is 5.87. The van der Waals surface area contributed by atoms with Crippen LogP contribution < -0.4 is 14.2 Å². The summed E-state index contributed by atoms with van der Waals surface area (Å²) in [5.41, 5.74) is 2.52. The van der Waals surface area contributed by atoms with Crippen molar-refractivity contribution in [2.45, 2.75) is 0 Å². The standard InChI is InChI=1S/C20H19NO6/c1-23-13-7-5-12(6-8-13)16-11-21-27-17(16)14-9-10-15(20(22)26-4)19(25-3)18(14)24-2/h5-11H,1-4H3. The number of benzene rings is 2. The molecule has 0 amide bonds. The van der Waals surface area contributed by atoms with Crippen LogP contribution in [0.25, 0.3) is 22.5 Å². The topological polar surface area (TPSA) is 80.0 Å². The third-order valence-electron chi connectivity index (χ3n) is 4.14. The molecule has 0 saturated carbocycles. The van der Waals surface area contributed by atoms with E-state index in [1.807, 2.05) is 24.3 Å². The Kier molecular flexibility index (Phi) is 5.30. The Bertz CT molecular complexity index is 946. The molecule has 140 valence electrons. The van der Waals surface area contributed by atoms with Crippen molar-refractivity contribution in [3.05, 3.63) is 48.2 Å². The highest BCUT2D eigenvalue weighted by Gasteiger charge is 2.25. The fourth-order valence-corrected chi connectivity index (χ4v) is 2.83. The van der Waals surface area contributed by atoms with Crippen molar-refractivity contribution in [3.8, 4) is 39.7 Å². The van der Waals surface area contributed by atoms with Crippen LogP contribution in [0.3, 0.4) is 0 Å². The monoisotopic (exact) mass is 369 g/mol. The largest absolute Gasteiger partial charge is 0.497 e. The fourth-order valence-electron chi connectivity index (χ4n) is 2.83. The molecule has 0 unspecified atom stereocenters. The van der Waals surface area contributed by atoms with Crippen LogP contribution in [0.1, 0.15) is 10.4 Å². The molecule has 0 bridgehead atoms. The summed E-state index contributed by atoms with van der Waals surface area (Å²) >= 11 is 0. The predicted molar refractivity (Wildman–Crippen MR) is 98.4 cm³/mol. The lowest BCUT2D eigenvalue weighted by atomic mass is 10.00. The molecule has 0 spiro atoms. The van der Waals surface area contributed by atoms with Crippen molar-refractivity contribution in [1.82, 2.24) is 5.16 Å². The van der Waals surface area contributed by atoms with Gasteiger partial charge in [-0.2, -0.15) is 0 Å². The molecule has 3 aromatic rings. The smallest absolute Gasteiger partial charge is 0.341 e. The van der Waals surface area contributed by atoms with E-state index in [1.165, 1.54) is 21.3 Å². The van der Waals surface area contributed by atoms with Gasteiger partial charge in [0.1, 0.15) is 11.3 Å². The first-order valence-electron chi connectivity index (χ1n) is 8.07. The average Bonchev–Trinajstić information content (AvgIpc) is 3.21. The van der Waals surface area contributed by atoms with E-state index in [9.17, 15) is 4.79 Å². The lowest BCUT2D eigenvalue weighted by Gasteiger charge is -2.15. The number of hydrogen-bond acceptors (Lipinski definition) is 7. The summed E-state index contributed by atoms with van der Waals surface area (Å²) in [6.45, 7) is 0. The maximum atomic E-state index is 12.0. The van der Waals surface area contributed by atoms with Crippen LogP contribution in [0.2, 0.25) is 0 Å². The van der Waals surface area contributed by atoms with E-state index in [2.05, 4.69) is 5.16 Å². The Hall–Kier alpha value is -3.48. The minimum absolute atomic E-state index is 0.256. The van der Waals surface area contributed by atoms with Crippen LogP contribution in [-0.2, 0) is 4.74 Å². The number of aromatic nitrogens is 1. The quantitative estimate of drug-likeness (QED) is 0.611. The van der Waals surface area contributed by atoms with Crippen LogP contribution in [0, 0.1) is 0 Å². The van der Waals surface area contributed by atoms with Crippen LogP contribution in [-0.4, -0.2) is 39.6 Å². The Morgan fingerprint density at radius 3 is 2.15 bits per heavy atom. The summed E-state index contributed by atoms with van der Waals surface area (Å²) in [5, 5.41) is 3.93. The maximum absolute atomic E-state index is 12.0. The molecule has 7 heteroatoms. The zero-order valence-electron chi connectivity index (χ0n) is 15.4. The minimum Gasteiger partial charge on any atom is -0.497 e. The number of carbonyl (C=O) groups excluding carboxylic acids is 1. The highest BCUT2D eigenvalue weighted by atomic mass is 16.5. The molecular weight excluding hydrogens is 350 g/mol. The molecular formula is C20H19NO6. The normalized spacial score (nSPS) is 10.4. The van der Waals surface area contributed by atoms with E-state index in [-0.39, 0.29) is 11.3 Å². The van der Waals surface area contributed by atoms with Gasteiger partial charge in [0.2, 0.25) is 0 Å². The summed E-state index contributed by atoms with van der Waals surface area (Å²) < 4.78 is 26.4. The third kappa shape index (κ3) is 3.31. The van der Waals surface area contributed by atoms with E-state index in [0.717, 1.165) is 16.9 Å². The molecule has 3 rings (SSSR count). The van der Waals surface area contributed by atoms with Gasteiger partial charge in [-0.05, 0) is 29.8 Å². The maximum Gasteiger partial charge on any atom is 0.341 e. The van der Waals surface area contributed by atoms with E-state index in [1.54, 1.807) is 25.4 Å². The van der Waals surface area contributed by atoms with Crippen molar-refractivity contribution < 1.29 is 28.3 Å². The average molecular weight is 369 g/mol. The van der Waals surface area contributed by atoms with Crippen molar-refractivity contribution in [3.63, 3.8) is 0 Å². The van der Waals surface area contributed by atoms with Gasteiger partial charge in [-0.25, -0.2) is 4.79 Å². The van der Waals surface area contributed by atoms with Crippen LogP contribution >= 0.6 is 0 Å². The predicted octanol–water partition coefficient (Wildman–Crippen LogP) is 3.82. The zero-order valence-corrected chi connectivity index (χ0v) is 15.4. The van der Waals surface area contributed by atoms with Gasteiger partial charge in [0.15, 0.2) is 17.3 Å². The fraction of sp³-hybridized carbons (Fsp3) is 0.200. The Labute approximate surface area is 156 Å². The molecule has 0 aliphatic heterocycles. The number of ether oxygens (including phenoxy) is 4. The van der Waals surface area contributed by atoms with Gasteiger partial charge in [0, 0.05) is 5.56 Å². The molecule has 0 aliphatic rings.